The van der Waals surface area contributed by atoms with Gasteiger partial charge in [-0.1, -0.05) is 94.8 Å². The number of allylic oxidation sites excluding steroid dienone is 1. The van der Waals surface area contributed by atoms with E-state index in [-0.39, 0.29) is 24.7 Å². The maximum absolute atomic E-state index is 11.6. The second kappa shape index (κ2) is 26.6. The van der Waals surface area contributed by atoms with Crippen molar-refractivity contribution in [3.8, 4) is 11.1 Å². The molecule has 2 rings (SSSR count). The molecule has 39 heavy (non-hydrogen) atoms. The van der Waals surface area contributed by atoms with E-state index < -0.39 is 12.6 Å². The second-order valence-corrected chi connectivity index (χ2v) is 8.76. The fourth-order valence-electron chi connectivity index (χ4n) is 3.63. The molecular weight excluding hydrogens is 488 g/mol. The predicted molar refractivity (Wildman–Crippen MR) is 165 cm³/mol. The molecule has 2 aromatic rings. The number of ether oxygens (including phenoxy) is 1. The first-order valence-corrected chi connectivity index (χ1v) is 14.1. The zero-order valence-corrected chi connectivity index (χ0v) is 25.0. The highest BCUT2D eigenvalue weighted by molar-refractivity contribution is 5.87. The summed E-state index contributed by atoms with van der Waals surface area (Å²) < 4.78 is 5.15. The van der Waals surface area contributed by atoms with Gasteiger partial charge in [0.2, 0.25) is 0 Å². The van der Waals surface area contributed by atoms with E-state index in [9.17, 15) is 9.90 Å². The van der Waals surface area contributed by atoms with Crippen LogP contribution in [0, 0.1) is 5.92 Å². The molecular formula is C34H52O5. The molecule has 0 aliphatic rings. The monoisotopic (exact) mass is 540 g/mol. The molecule has 1 atom stereocenters. The van der Waals surface area contributed by atoms with E-state index in [0.29, 0.717) is 12.8 Å². The summed E-state index contributed by atoms with van der Waals surface area (Å²) in [6, 6.07) is 17.4. The van der Waals surface area contributed by atoms with Gasteiger partial charge in [-0.05, 0) is 74.1 Å². The number of esters is 1. The van der Waals surface area contributed by atoms with Crippen molar-refractivity contribution in [3.05, 3.63) is 84.5 Å². The van der Waals surface area contributed by atoms with Crippen LogP contribution in [0.1, 0.15) is 77.8 Å². The van der Waals surface area contributed by atoms with E-state index in [4.69, 9.17) is 14.6 Å². The zero-order chi connectivity index (χ0) is 29.9. The van der Waals surface area contributed by atoms with Gasteiger partial charge in [0, 0.05) is 6.61 Å². The summed E-state index contributed by atoms with van der Waals surface area (Å²) >= 11 is 0. The first-order chi connectivity index (χ1) is 18.9. The number of hydrogen-bond donors (Lipinski definition) is 2. The van der Waals surface area contributed by atoms with Crippen LogP contribution in [0.25, 0.3) is 11.1 Å². The van der Waals surface area contributed by atoms with Gasteiger partial charge in [0.15, 0.2) is 0 Å². The highest BCUT2D eigenvalue weighted by Crippen LogP contribution is 2.23. The Balaban J connectivity index is 0. The number of aliphatic hydroxyl groups is 2. The number of carbonyl (C=O) groups excluding carboxylic acids is 2. The van der Waals surface area contributed by atoms with E-state index in [2.05, 4.69) is 68.6 Å². The van der Waals surface area contributed by atoms with Gasteiger partial charge >= 0.3 is 5.97 Å². The lowest BCUT2D eigenvalue weighted by Gasteiger charge is -2.16. The summed E-state index contributed by atoms with van der Waals surface area (Å²) in [7, 11) is 0. The number of aliphatic hydroxyl groups excluding tert-OH is 2. The molecule has 0 amide bonds. The van der Waals surface area contributed by atoms with Crippen molar-refractivity contribution in [1.82, 2.24) is 0 Å². The fourth-order valence-corrected chi connectivity index (χ4v) is 3.63. The molecule has 0 spiro atoms. The lowest BCUT2D eigenvalue weighted by molar-refractivity contribution is -0.139. The molecule has 5 heteroatoms. The third kappa shape index (κ3) is 18.8. The molecule has 0 aliphatic carbocycles. The molecule has 0 saturated heterocycles. The van der Waals surface area contributed by atoms with Gasteiger partial charge in [0.25, 0.3) is 0 Å². The minimum absolute atomic E-state index is 0.0586. The summed E-state index contributed by atoms with van der Waals surface area (Å²) in [4.78, 5) is 20.4. The lowest BCUT2D eigenvalue weighted by Crippen LogP contribution is -2.15. The number of aryl methyl sites for hydroxylation is 1. The van der Waals surface area contributed by atoms with Crippen LogP contribution in [-0.2, 0) is 27.2 Å². The number of hydrogen-bond acceptors (Lipinski definition) is 5. The first-order valence-electron chi connectivity index (χ1n) is 14.1. The Hall–Kier alpha value is -3.02. The van der Waals surface area contributed by atoms with Crippen molar-refractivity contribution < 1.29 is 24.5 Å². The van der Waals surface area contributed by atoms with Crippen LogP contribution >= 0.6 is 0 Å². The largest absolute Gasteiger partial charge is 0.462 e. The zero-order valence-electron chi connectivity index (χ0n) is 25.0. The van der Waals surface area contributed by atoms with Gasteiger partial charge in [-0.15, -0.1) is 6.58 Å². The maximum Gasteiger partial charge on any atom is 0.335 e. The maximum atomic E-state index is 11.6. The summed E-state index contributed by atoms with van der Waals surface area (Å²) in [6.07, 6.45) is 9.54. The third-order valence-corrected chi connectivity index (χ3v) is 5.61. The van der Waals surface area contributed by atoms with Crippen molar-refractivity contribution in [2.75, 3.05) is 19.8 Å². The normalized spacial score (nSPS) is 10.2. The summed E-state index contributed by atoms with van der Waals surface area (Å²) in [5.74, 6) is -0.348. The molecule has 1 unspecified atom stereocenters. The van der Waals surface area contributed by atoms with Crippen LogP contribution in [0.2, 0.25) is 0 Å². The van der Waals surface area contributed by atoms with Crippen molar-refractivity contribution >= 4 is 12.3 Å². The quantitative estimate of drug-likeness (QED) is 0.0850. The van der Waals surface area contributed by atoms with Crippen LogP contribution < -0.4 is 0 Å². The Morgan fingerprint density at radius 1 is 0.923 bits per heavy atom. The van der Waals surface area contributed by atoms with E-state index >= 15 is 0 Å². The average Bonchev–Trinajstić information content (AvgIpc) is 2.95. The molecule has 0 bridgehead atoms. The average molecular weight is 541 g/mol. The number of aldehydes is 1. The van der Waals surface area contributed by atoms with Crippen LogP contribution in [0.5, 0.6) is 0 Å². The molecule has 0 saturated carbocycles. The van der Waals surface area contributed by atoms with E-state index in [1.54, 1.807) is 6.08 Å². The van der Waals surface area contributed by atoms with Crippen molar-refractivity contribution in [2.24, 2.45) is 5.92 Å². The van der Waals surface area contributed by atoms with Gasteiger partial charge in [-0.2, -0.15) is 0 Å². The Morgan fingerprint density at radius 3 is 1.85 bits per heavy atom. The van der Waals surface area contributed by atoms with Crippen molar-refractivity contribution in [1.29, 1.82) is 0 Å². The first kappa shape index (κ1) is 38.1. The molecule has 0 aromatic heterocycles. The Kier molecular flexibility index (Phi) is 26.0. The summed E-state index contributed by atoms with van der Waals surface area (Å²) in [5, 5.41) is 18.3. The molecule has 0 aliphatic heterocycles. The van der Waals surface area contributed by atoms with Gasteiger partial charge < -0.3 is 19.7 Å². The van der Waals surface area contributed by atoms with Crippen LogP contribution in [0.3, 0.4) is 0 Å². The Morgan fingerprint density at radius 2 is 1.41 bits per heavy atom. The molecule has 2 aromatic carbocycles. The SMILES string of the molecule is C=C(CO)C(=O)OCCC(CCO)Cc1ccc(-c2ccc(CCCCC)cc2)cc1.C=CC.CC.CC=O. The Labute approximate surface area is 237 Å². The number of unbranched alkanes of at least 4 members (excludes halogenated alkanes) is 2. The molecule has 218 valence electrons. The molecule has 0 heterocycles. The number of rotatable bonds is 14. The highest BCUT2D eigenvalue weighted by Gasteiger charge is 2.13. The minimum Gasteiger partial charge on any atom is -0.462 e. The van der Waals surface area contributed by atoms with Crippen molar-refractivity contribution in [2.45, 2.75) is 79.6 Å². The third-order valence-electron chi connectivity index (χ3n) is 5.61. The molecule has 5 nitrogen and oxygen atoms in total. The second-order valence-electron chi connectivity index (χ2n) is 8.76. The number of carbonyl (C=O) groups is 2. The van der Waals surface area contributed by atoms with Gasteiger partial charge in [-0.25, -0.2) is 4.79 Å². The Bertz CT molecular complexity index is 879. The minimum atomic E-state index is -0.564. The van der Waals surface area contributed by atoms with Gasteiger partial charge in [-0.3, -0.25) is 0 Å². The highest BCUT2D eigenvalue weighted by atomic mass is 16.5. The van der Waals surface area contributed by atoms with Gasteiger partial charge in [0.1, 0.15) is 6.29 Å². The summed E-state index contributed by atoms with van der Waals surface area (Å²) in [6.45, 7) is 16.3. The van der Waals surface area contributed by atoms with E-state index in [0.717, 1.165) is 19.1 Å². The predicted octanol–water partition coefficient (Wildman–Crippen LogP) is 7.53. The van der Waals surface area contributed by atoms with Crippen LogP contribution in [0.4, 0.5) is 0 Å². The summed E-state index contributed by atoms with van der Waals surface area (Å²) in [5.41, 5.74) is 5.06. The lowest BCUT2D eigenvalue weighted by atomic mass is 9.92. The molecule has 0 fully saturated rings. The molecule has 0 radical (unpaired) electrons. The van der Waals surface area contributed by atoms with Gasteiger partial charge in [0.05, 0.1) is 18.8 Å². The topological polar surface area (TPSA) is 83.8 Å². The fraction of sp³-hybridized carbons (Fsp3) is 0.471. The standard InChI is InChI=1S/C27H36O4.C3H6.C2H4O.C2H6/c1-3-4-5-6-22-7-11-25(12-8-22)26-13-9-23(10-14-26)19-24(15-17-28)16-18-31-27(30)21(2)20-29;1-3-2;1-2-3;1-2/h7-14,24,28-29H,2-6,15-20H2,1H3;3H,1H2,2H3;2H,1H3;1-2H3. The molecule has 2 N–H and O–H groups in total. The van der Waals surface area contributed by atoms with E-state index in [1.165, 1.54) is 48.4 Å². The van der Waals surface area contributed by atoms with E-state index in [1.807, 2.05) is 20.8 Å². The smallest absolute Gasteiger partial charge is 0.335 e. The van der Waals surface area contributed by atoms with Crippen LogP contribution in [-0.4, -0.2) is 42.3 Å². The number of benzene rings is 2. The van der Waals surface area contributed by atoms with Crippen molar-refractivity contribution in [3.63, 3.8) is 0 Å². The van der Waals surface area contributed by atoms with Crippen LogP contribution in [0.15, 0.2) is 73.3 Å².